The molecule has 0 aromatic carbocycles. The molecule has 0 unspecified atom stereocenters. The van der Waals surface area contributed by atoms with Gasteiger partial charge in [-0.25, -0.2) is 5.06 Å². The van der Waals surface area contributed by atoms with Crippen molar-refractivity contribution in [3.8, 4) is 0 Å². The number of esters is 1. The van der Waals surface area contributed by atoms with Crippen LogP contribution in [0.25, 0.3) is 0 Å². The molecule has 0 spiro atoms. The predicted octanol–water partition coefficient (Wildman–Crippen LogP) is 0.740. The molecule has 0 aromatic rings. The first-order valence-electron chi connectivity index (χ1n) is 5.49. The number of hydrogen-bond acceptors (Lipinski definition) is 4. The minimum absolute atomic E-state index is 0.0267. The fraction of sp³-hybridized carbons (Fsp3) is 0.818. The summed E-state index contributed by atoms with van der Waals surface area (Å²) in [7, 11) is 3.06. The first-order chi connectivity index (χ1) is 7.49. The number of amides is 1. The minimum Gasteiger partial charge on any atom is -0.466 e. The smallest absolute Gasteiger partial charge is 0.312 e. The molecule has 3 aliphatic carbocycles. The van der Waals surface area contributed by atoms with Crippen LogP contribution >= 0.6 is 0 Å². The number of nitrogens with zero attached hydrogens (tertiary/aromatic N) is 1. The van der Waals surface area contributed by atoms with Crippen LogP contribution in [0.5, 0.6) is 0 Å². The highest BCUT2D eigenvalue weighted by atomic mass is 16.7. The average molecular weight is 227 g/mol. The highest BCUT2D eigenvalue weighted by molar-refractivity contribution is 5.93. The standard InChI is InChI=1S/C11H17NO4/c1-4-16-9(14)11-5-10(6-11,7-11)8(13)12(2)15-3/h4-7H2,1-3H3. The van der Waals surface area contributed by atoms with Gasteiger partial charge < -0.3 is 4.74 Å². The normalized spacial score (nSPS) is 34.7. The summed E-state index contributed by atoms with van der Waals surface area (Å²) in [6.07, 6.45) is 1.85. The molecule has 0 aliphatic heterocycles. The lowest BCUT2D eigenvalue weighted by atomic mass is 9.35. The number of ether oxygens (including phenoxy) is 1. The lowest BCUT2D eigenvalue weighted by Crippen LogP contribution is -2.70. The van der Waals surface area contributed by atoms with Crippen molar-refractivity contribution in [3.05, 3.63) is 0 Å². The molecule has 5 nitrogen and oxygen atoms in total. The van der Waals surface area contributed by atoms with Crippen molar-refractivity contribution in [2.24, 2.45) is 10.8 Å². The third-order valence-electron chi connectivity index (χ3n) is 3.75. The molecular formula is C11H17NO4. The molecule has 3 aliphatic rings. The summed E-state index contributed by atoms with van der Waals surface area (Å²) < 4.78 is 5.00. The maximum Gasteiger partial charge on any atom is 0.312 e. The molecule has 1 amide bonds. The number of hydrogen-bond donors (Lipinski definition) is 0. The van der Waals surface area contributed by atoms with Crippen molar-refractivity contribution in [1.82, 2.24) is 5.06 Å². The predicted molar refractivity (Wildman–Crippen MR) is 55.1 cm³/mol. The Balaban J connectivity index is 1.93. The fourth-order valence-electron chi connectivity index (χ4n) is 2.93. The van der Waals surface area contributed by atoms with Gasteiger partial charge >= 0.3 is 5.97 Å². The molecule has 3 rings (SSSR count). The molecule has 5 heteroatoms. The van der Waals surface area contributed by atoms with E-state index < -0.39 is 0 Å². The summed E-state index contributed by atoms with van der Waals surface area (Å²) >= 11 is 0. The van der Waals surface area contributed by atoms with Crippen LogP contribution in [0, 0.1) is 10.8 Å². The van der Waals surface area contributed by atoms with Gasteiger partial charge in [0.2, 0.25) is 0 Å². The highest BCUT2D eigenvalue weighted by Crippen LogP contribution is 2.74. The van der Waals surface area contributed by atoms with Gasteiger partial charge in [-0.1, -0.05) is 0 Å². The Morgan fingerprint density at radius 1 is 1.25 bits per heavy atom. The van der Waals surface area contributed by atoms with Crippen molar-refractivity contribution in [2.45, 2.75) is 26.2 Å². The highest BCUT2D eigenvalue weighted by Gasteiger charge is 2.76. The Labute approximate surface area is 94.6 Å². The monoisotopic (exact) mass is 227 g/mol. The number of hydroxylamine groups is 2. The van der Waals surface area contributed by atoms with Gasteiger partial charge in [0.15, 0.2) is 0 Å². The quantitative estimate of drug-likeness (QED) is 0.525. The lowest BCUT2D eigenvalue weighted by Gasteiger charge is -2.67. The van der Waals surface area contributed by atoms with E-state index in [-0.39, 0.29) is 22.7 Å². The molecule has 0 radical (unpaired) electrons. The van der Waals surface area contributed by atoms with E-state index in [0.717, 1.165) is 0 Å². The Morgan fingerprint density at radius 2 is 1.81 bits per heavy atom. The Hall–Kier alpha value is -1.10. The third-order valence-corrected chi connectivity index (χ3v) is 3.75. The van der Waals surface area contributed by atoms with E-state index in [1.807, 2.05) is 0 Å². The van der Waals surface area contributed by atoms with Crippen LogP contribution < -0.4 is 0 Å². The molecule has 3 saturated carbocycles. The van der Waals surface area contributed by atoms with Gasteiger partial charge in [0.1, 0.15) is 0 Å². The van der Waals surface area contributed by atoms with E-state index in [1.165, 1.54) is 12.2 Å². The first-order valence-corrected chi connectivity index (χ1v) is 5.49. The Kier molecular flexibility index (Phi) is 2.45. The summed E-state index contributed by atoms with van der Waals surface area (Å²) in [5.74, 6) is -0.175. The van der Waals surface area contributed by atoms with E-state index >= 15 is 0 Å². The van der Waals surface area contributed by atoms with Gasteiger partial charge in [-0.2, -0.15) is 0 Å². The second-order valence-corrected chi connectivity index (χ2v) is 4.80. The van der Waals surface area contributed by atoms with Crippen LogP contribution in [0.4, 0.5) is 0 Å². The summed E-state index contributed by atoms with van der Waals surface area (Å²) in [5.41, 5.74) is -0.711. The molecule has 90 valence electrons. The van der Waals surface area contributed by atoms with Crippen LogP contribution in [0.3, 0.4) is 0 Å². The van der Waals surface area contributed by atoms with Gasteiger partial charge in [0.25, 0.3) is 5.91 Å². The second-order valence-electron chi connectivity index (χ2n) is 4.80. The van der Waals surface area contributed by atoms with Crippen molar-refractivity contribution in [3.63, 3.8) is 0 Å². The lowest BCUT2D eigenvalue weighted by molar-refractivity contribution is -0.245. The van der Waals surface area contributed by atoms with Crippen LogP contribution in [0.15, 0.2) is 0 Å². The first kappa shape index (κ1) is 11.4. The van der Waals surface area contributed by atoms with Crippen molar-refractivity contribution >= 4 is 11.9 Å². The van der Waals surface area contributed by atoms with Crippen LogP contribution in [0.1, 0.15) is 26.2 Å². The molecule has 0 N–H and O–H groups in total. The number of carbonyl (C=O) groups excluding carboxylic acids is 2. The zero-order valence-electron chi connectivity index (χ0n) is 9.91. The number of carbonyl (C=O) groups is 2. The van der Waals surface area contributed by atoms with Crippen LogP contribution in [0.2, 0.25) is 0 Å². The number of rotatable bonds is 4. The summed E-state index contributed by atoms with van der Waals surface area (Å²) in [5, 5.41) is 1.24. The molecule has 0 saturated heterocycles. The SMILES string of the molecule is CCOC(=O)C12CC(C(=O)N(C)OC)(C1)C2. The zero-order chi connectivity index (χ0) is 12.0. The maximum atomic E-state index is 11.9. The van der Waals surface area contributed by atoms with Crippen molar-refractivity contribution < 1.29 is 19.2 Å². The van der Waals surface area contributed by atoms with Gasteiger partial charge in [0.05, 0.1) is 24.5 Å². The summed E-state index contributed by atoms with van der Waals surface area (Å²) in [4.78, 5) is 28.4. The molecule has 0 aromatic heterocycles. The maximum absolute atomic E-state index is 11.9. The topological polar surface area (TPSA) is 55.8 Å². The minimum atomic E-state index is -0.361. The van der Waals surface area contributed by atoms with E-state index in [4.69, 9.17) is 9.57 Å². The van der Waals surface area contributed by atoms with Crippen LogP contribution in [-0.2, 0) is 19.2 Å². The Bertz CT molecular complexity index is 319. The van der Waals surface area contributed by atoms with Crippen LogP contribution in [-0.4, -0.2) is 37.7 Å². The third kappa shape index (κ3) is 1.27. The fourth-order valence-corrected chi connectivity index (χ4v) is 2.93. The second kappa shape index (κ2) is 3.45. The largest absolute Gasteiger partial charge is 0.466 e. The molecular weight excluding hydrogens is 210 g/mol. The molecule has 2 bridgehead atoms. The van der Waals surface area contributed by atoms with Crippen molar-refractivity contribution in [1.29, 1.82) is 0 Å². The van der Waals surface area contributed by atoms with E-state index in [2.05, 4.69) is 0 Å². The van der Waals surface area contributed by atoms with Gasteiger partial charge in [-0.05, 0) is 26.2 Å². The molecule has 3 fully saturated rings. The zero-order valence-corrected chi connectivity index (χ0v) is 9.91. The summed E-state index contributed by atoms with van der Waals surface area (Å²) in [6, 6.07) is 0. The van der Waals surface area contributed by atoms with E-state index in [1.54, 1.807) is 14.0 Å². The summed E-state index contributed by atoms with van der Waals surface area (Å²) in [6.45, 7) is 2.20. The van der Waals surface area contributed by atoms with E-state index in [0.29, 0.717) is 25.9 Å². The van der Waals surface area contributed by atoms with E-state index in [9.17, 15) is 9.59 Å². The average Bonchev–Trinajstić information content (AvgIpc) is 2.12. The Morgan fingerprint density at radius 3 is 2.25 bits per heavy atom. The van der Waals surface area contributed by atoms with Gasteiger partial charge in [0, 0.05) is 7.05 Å². The van der Waals surface area contributed by atoms with Gasteiger partial charge in [-0.3, -0.25) is 14.4 Å². The molecule has 0 heterocycles. The van der Waals surface area contributed by atoms with Crippen molar-refractivity contribution in [2.75, 3.05) is 20.8 Å². The van der Waals surface area contributed by atoms with Gasteiger partial charge in [-0.15, -0.1) is 0 Å². The molecule has 0 atom stereocenters. The molecule has 16 heavy (non-hydrogen) atoms.